The zero-order valence-electron chi connectivity index (χ0n) is 19.3. The van der Waals surface area contributed by atoms with Crippen LogP contribution in [0.25, 0.3) is 0 Å². The number of aryl methyl sites for hydroxylation is 2. The average molecular weight is 457 g/mol. The molecule has 1 aliphatic rings. The summed E-state index contributed by atoms with van der Waals surface area (Å²) in [4.78, 5) is 25.9. The van der Waals surface area contributed by atoms with Gasteiger partial charge in [-0.2, -0.15) is 0 Å². The van der Waals surface area contributed by atoms with E-state index in [0.29, 0.717) is 24.1 Å². The number of carbonyl (C=O) groups is 2. The fraction of sp³-hybridized carbons (Fsp3) is 0.214. The number of esters is 1. The Bertz CT molecular complexity index is 1170. The van der Waals surface area contributed by atoms with Crippen molar-refractivity contribution in [3.05, 3.63) is 112 Å². The highest BCUT2D eigenvalue weighted by Gasteiger charge is 2.33. The smallest absolute Gasteiger partial charge is 0.338 e. The molecule has 1 atom stereocenters. The molecule has 4 rings (SSSR count). The van der Waals surface area contributed by atoms with E-state index in [9.17, 15) is 9.59 Å². The maximum atomic E-state index is 13.3. The van der Waals surface area contributed by atoms with E-state index < -0.39 is 12.0 Å². The summed E-state index contributed by atoms with van der Waals surface area (Å²) in [5.74, 6) is 0.328. The van der Waals surface area contributed by atoms with E-state index in [1.54, 1.807) is 7.11 Å². The van der Waals surface area contributed by atoms with Crippen molar-refractivity contribution in [2.45, 2.75) is 32.4 Å². The van der Waals surface area contributed by atoms with Gasteiger partial charge in [0.25, 0.3) is 0 Å². The van der Waals surface area contributed by atoms with Crippen molar-refractivity contribution in [1.82, 2.24) is 10.6 Å². The first-order valence-electron chi connectivity index (χ1n) is 11.2. The van der Waals surface area contributed by atoms with E-state index in [0.717, 1.165) is 28.0 Å². The highest BCUT2D eigenvalue weighted by Crippen LogP contribution is 2.30. The second-order valence-corrected chi connectivity index (χ2v) is 8.24. The first-order valence-corrected chi connectivity index (χ1v) is 11.2. The third-order valence-corrected chi connectivity index (χ3v) is 5.82. The molecule has 174 valence electrons. The Morgan fingerprint density at radius 3 is 2.26 bits per heavy atom. The standard InChI is InChI=1S/C28H28N2O4/c1-19-8-13-22(14-9-19)26-25(27(31)34-18-21-6-4-3-5-7-21)24(29-28(32)30-26)17-12-20-10-15-23(33-2)16-11-20/h3-11,13-16,26H,12,17-18H2,1-2H3,(H2,29,30,32). The lowest BCUT2D eigenvalue weighted by Crippen LogP contribution is -2.46. The highest BCUT2D eigenvalue weighted by molar-refractivity contribution is 5.95. The van der Waals surface area contributed by atoms with Gasteiger partial charge in [-0.3, -0.25) is 0 Å². The largest absolute Gasteiger partial charge is 0.497 e. The summed E-state index contributed by atoms with van der Waals surface area (Å²) >= 11 is 0. The third-order valence-electron chi connectivity index (χ3n) is 5.82. The molecule has 2 N–H and O–H groups in total. The number of hydrogen-bond donors (Lipinski definition) is 2. The van der Waals surface area contributed by atoms with Gasteiger partial charge in [-0.05, 0) is 48.6 Å². The maximum absolute atomic E-state index is 13.3. The molecule has 0 saturated carbocycles. The predicted molar refractivity (Wildman–Crippen MR) is 130 cm³/mol. The molecular formula is C28H28N2O4. The van der Waals surface area contributed by atoms with Crippen molar-refractivity contribution in [2.75, 3.05) is 7.11 Å². The predicted octanol–water partition coefficient (Wildman–Crippen LogP) is 4.99. The first kappa shape index (κ1) is 23.1. The molecule has 6 nitrogen and oxygen atoms in total. The minimum absolute atomic E-state index is 0.156. The van der Waals surface area contributed by atoms with Gasteiger partial charge in [0.2, 0.25) is 0 Å². The molecule has 3 aromatic carbocycles. The quantitative estimate of drug-likeness (QED) is 0.469. The number of ether oxygens (including phenoxy) is 2. The Kier molecular flexibility index (Phi) is 7.28. The van der Waals surface area contributed by atoms with Crippen LogP contribution in [0.15, 0.2) is 90.1 Å². The second-order valence-electron chi connectivity index (χ2n) is 8.24. The number of methoxy groups -OCH3 is 1. The molecule has 0 fully saturated rings. The van der Waals surface area contributed by atoms with Crippen LogP contribution in [-0.2, 0) is 22.6 Å². The van der Waals surface area contributed by atoms with Crippen LogP contribution in [0.2, 0.25) is 0 Å². The van der Waals surface area contributed by atoms with Crippen LogP contribution in [-0.4, -0.2) is 19.1 Å². The molecule has 1 heterocycles. The van der Waals surface area contributed by atoms with Gasteiger partial charge in [-0.25, -0.2) is 9.59 Å². The molecule has 1 unspecified atom stereocenters. The summed E-state index contributed by atoms with van der Waals surface area (Å²) in [5, 5.41) is 5.75. The minimum Gasteiger partial charge on any atom is -0.497 e. The van der Waals surface area contributed by atoms with Gasteiger partial charge >= 0.3 is 12.0 Å². The number of nitrogens with one attached hydrogen (secondary N) is 2. The van der Waals surface area contributed by atoms with Crippen molar-refractivity contribution in [3.63, 3.8) is 0 Å². The lowest BCUT2D eigenvalue weighted by molar-refractivity contribution is -0.140. The fourth-order valence-electron chi connectivity index (χ4n) is 3.93. The molecule has 6 heteroatoms. The summed E-state index contributed by atoms with van der Waals surface area (Å²) in [7, 11) is 1.63. The summed E-state index contributed by atoms with van der Waals surface area (Å²) < 4.78 is 10.9. The molecule has 3 aromatic rings. The number of carbonyl (C=O) groups excluding carboxylic acids is 2. The van der Waals surface area contributed by atoms with E-state index >= 15 is 0 Å². The lowest BCUT2D eigenvalue weighted by Gasteiger charge is -2.29. The van der Waals surface area contributed by atoms with Crippen LogP contribution < -0.4 is 15.4 Å². The second kappa shape index (κ2) is 10.7. The van der Waals surface area contributed by atoms with Crippen molar-refractivity contribution in [3.8, 4) is 5.75 Å². The SMILES string of the molecule is COc1ccc(CCC2=C(C(=O)OCc3ccccc3)C(c3ccc(C)cc3)NC(=O)N2)cc1. The number of hydrogen-bond acceptors (Lipinski definition) is 4. The third kappa shape index (κ3) is 5.64. The minimum atomic E-state index is -0.594. The van der Waals surface area contributed by atoms with Crippen LogP contribution >= 0.6 is 0 Å². The number of allylic oxidation sites excluding steroid dienone is 1. The monoisotopic (exact) mass is 456 g/mol. The highest BCUT2D eigenvalue weighted by atomic mass is 16.5. The Labute approximate surface area is 199 Å². The Morgan fingerprint density at radius 1 is 0.882 bits per heavy atom. The summed E-state index contributed by atoms with van der Waals surface area (Å²) in [5.41, 5.74) is 4.90. The van der Waals surface area contributed by atoms with Gasteiger partial charge in [-0.15, -0.1) is 0 Å². The maximum Gasteiger partial charge on any atom is 0.338 e. The summed E-state index contributed by atoms with van der Waals surface area (Å²) in [6, 6.07) is 24.1. The summed E-state index contributed by atoms with van der Waals surface area (Å²) in [6.07, 6.45) is 1.13. The number of urea groups is 1. The lowest BCUT2D eigenvalue weighted by atomic mass is 9.92. The van der Waals surface area contributed by atoms with Crippen molar-refractivity contribution < 1.29 is 19.1 Å². The van der Waals surface area contributed by atoms with Gasteiger partial charge in [0.05, 0.1) is 18.7 Å². The Hall–Kier alpha value is -4.06. The number of benzene rings is 3. The Balaban J connectivity index is 1.63. The number of rotatable bonds is 8. The van der Waals surface area contributed by atoms with Gasteiger partial charge in [0.15, 0.2) is 0 Å². The molecular weight excluding hydrogens is 428 g/mol. The van der Waals surface area contributed by atoms with Gasteiger partial charge in [0.1, 0.15) is 12.4 Å². The topological polar surface area (TPSA) is 76.7 Å². The van der Waals surface area contributed by atoms with Gasteiger partial charge < -0.3 is 20.1 Å². The fourth-order valence-corrected chi connectivity index (χ4v) is 3.93. The van der Waals surface area contributed by atoms with Crippen LogP contribution in [0.3, 0.4) is 0 Å². The van der Waals surface area contributed by atoms with Crippen molar-refractivity contribution >= 4 is 12.0 Å². The van der Waals surface area contributed by atoms with E-state index in [4.69, 9.17) is 9.47 Å². The van der Waals surface area contributed by atoms with Crippen LogP contribution in [0.1, 0.15) is 34.7 Å². The van der Waals surface area contributed by atoms with E-state index in [1.165, 1.54) is 0 Å². The van der Waals surface area contributed by atoms with Crippen LogP contribution in [0.5, 0.6) is 5.75 Å². The molecule has 0 radical (unpaired) electrons. The summed E-state index contributed by atoms with van der Waals surface area (Å²) in [6.45, 7) is 2.15. The molecule has 0 bridgehead atoms. The van der Waals surface area contributed by atoms with Crippen LogP contribution in [0, 0.1) is 6.92 Å². The van der Waals surface area contributed by atoms with E-state index in [2.05, 4.69) is 10.6 Å². The number of amides is 2. The van der Waals surface area contributed by atoms with Gasteiger partial charge in [-0.1, -0.05) is 72.3 Å². The van der Waals surface area contributed by atoms with Crippen LogP contribution in [0.4, 0.5) is 4.79 Å². The average Bonchev–Trinajstić information content (AvgIpc) is 2.87. The Morgan fingerprint density at radius 2 is 1.59 bits per heavy atom. The molecule has 1 aliphatic heterocycles. The molecule has 0 aromatic heterocycles. The van der Waals surface area contributed by atoms with Gasteiger partial charge in [0, 0.05) is 5.70 Å². The van der Waals surface area contributed by atoms with Crippen molar-refractivity contribution in [2.24, 2.45) is 0 Å². The normalized spacial score (nSPS) is 15.4. The molecule has 0 aliphatic carbocycles. The zero-order chi connectivity index (χ0) is 23.9. The molecule has 2 amide bonds. The van der Waals surface area contributed by atoms with Crippen molar-refractivity contribution in [1.29, 1.82) is 0 Å². The van der Waals surface area contributed by atoms with E-state index in [-0.39, 0.29) is 12.6 Å². The molecule has 34 heavy (non-hydrogen) atoms. The zero-order valence-corrected chi connectivity index (χ0v) is 19.3. The first-order chi connectivity index (χ1) is 16.5. The molecule has 0 saturated heterocycles. The van der Waals surface area contributed by atoms with E-state index in [1.807, 2.05) is 85.8 Å². The molecule has 0 spiro atoms.